The van der Waals surface area contributed by atoms with Crippen molar-refractivity contribution in [3.05, 3.63) is 0 Å². The summed E-state index contributed by atoms with van der Waals surface area (Å²) in [5.74, 6) is 0. The first-order valence-electron chi connectivity index (χ1n) is 6.87. The van der Waals surface area contributed by atoms with Gasteiger partial charge in [0, 0.05) is 25.2 Å². The Morgan fingerprint density at radius 1 is 1.28 bits per heavy atom. The minimum atomic E-state index is -3.25. The molecule has 0 aromatic heterocycles. The molecule has 0 aliphatic carbocycles. The SMILES string of the molecule is CC(N)C1CCCCN1S(=O)(=O)C1CCCOC1. The van der Waals surface area contributed by atoms with Gasteiger partial charge in [0.05, 0.1) is 11.9 Å². The smallest absolute Gasteiger partial charge is 0.219 e. The number of sulfonamides is 1. The molecular weight excluding hydrogens is 252 g/mol. The molecule has 0 saturated carbocycles. The van der Waals surface area contributed by atoms with E-state index in [2.05, 4.69) is 0 Å². The molecule has 0 amide bonds. The summed E-state index contributed by atoms with van der Waals surface area (Å²) in [6.07, 6.45) is 4.44. The van der Waals surface area contributed by atoms with Crippen molar-refractivity contribution in [3.8, 4) is 0 Å². The molecule has 0 bridgehead atoms. The first-order chi connectivity index (χ1) is 8.53. The number of hydrogen-bond donors (Lipinski definition) is 1. The molecule has 18 heavy (non-hydrogen) atoms. The summed E-state index contributed by atoms with van der Waals surface area (Å²) in [4.78, 5) is 0. The third kappa shape index (κ3) is 2.87. The second kappa shape index (κ2) is 5.86. The van der Waals surface area contributed by atoms with Crippen LogP contribution in [-0.2, 0) is 14.8 Å². The first-order valence-corrected chi connectivity index (χ1v) is 8.38. The molecule has 2 rings (SSSR count). The van der Waals surface area contributed by atoms with Crippen molar-refractivity contribution in [1.29, 1.82) is 0 Å². The average molecular weight is 276 g/mol. The highest BCUT2D eigenvalue weighted by Gasteiger charge is 2.39. The Morgan fingerprint density at radius 3 is 2.67 bits per heavy atom. The van der Waals surface area contributed by atoms with E-state index in [-0.39, 0.29) is 17.3 Å². The van der Waals surface area contributed by atoms with Crippen LogP contribution in [0.3, 0.4) is 0 Å². The number of ether oxygens (including phenoxy) is 1. The maximum Gasteiger partial charge on any atom is 0.219 e. The lowest BCUT2D eigenvalue weighted by atomic mass is 10.00. The van der Waals surface area contributed by atoms with Crippen LogP contribution >= 0.6 is 0 Å². The monoisotopic (exact) mass is 276 g/mol. The largest absolute Gasteiger partial charge is 0.380 e. The Kier molecular flexibility index (Phi) is 4.64. The summed E-state index contributed by atoms with van der Waals surface area (Å²) < 4.78 is 32.3. The molecule has 2 aliphatic heterocycles. The zero-order chi connectivity index (χ0) is 13.2. The highest BCUT2D eigenvalue weighted by Crippen LogP contribution is 2.27. The summed E-state index contributed by atoms with van der Waals surface area (Å²) >= 11 is 0. The molecule has 5 nitrogen and oxygen atoms in total. The van der Waals surface area contributed by atoms with Gasteiger partial charge < -0.3 is 10.5 Å². The highest BCUT2D eigenvalue weighted by molar-refractivity contribution is 7.89. The van der Waals surface area contributed by atoms with Gasteiger partial charge in [-0.25, -0.2) is 8.42 Å². The summed E-state index contributed by atoms with van der Waals surface area (Å²) in [5, 5.41) is -0.370. The van der Waals surface area contributed by atoms with Crippen molar-refractivity contribution >= 4 is 10.0 Å². The van der Waals surface area contributed by atoms with Gasteiger partial charge in [0.25, 0.3) is 0 Å². The maximum absolute atomic E-state index is 12.6. The molecule has 106 valence electrons. The zero-order valence-corrected chi connectivity index (χ0v) is 11.9. The molecule has 0 radical (unpaired) electrons. The number of nitrogens with zero attached hydrogens (tertiary/aromatic N) is 1. The predicted octanol–water partition coefficient (Wildman–Crippen LogP) is 0.697. The van der Waals surface area contributed by atoms with Crippen LogP contribution in [0.15, 0.2) is 0 Å². The molecule has 2 fully saturated rings. The van der Waals surface area contributed by atoms with E-state index in [1.807, 2.05) is 6.92 Å². The molecule has 0 aromatic carbocycles. The summed E-state index contributed by atoms with van der Waals surface area (Å²) in [6, 6.07) is -0.143. The van der Waals surface area contributed by atoms with E-state index in [0.717, 1.165) is 25.7 Å². The minimum absolute atomic E-state index is 0.0364. The fraction of sp³-hybridized carbons (Fsp3) is 1.00. The predicted molar refractivity (Wildman–Crippen MR) is 70.8 cm³/mol. The number of rotatable bonds is 3. The van der Waals surface area contributed by atoms with Crippen LogP contribution in [0.2, 0.25) is 0 Å². The first kappa shape index (κ1) is 14.2. The van der Waals surface area contributed by atoms with Gasteiger partial charge in [-0.15, -0.1) is 0 Å². The Balaban J connectivity index is 2.15. The van der Waals surface area contributed by atoms with E-state index in [1.54, 1.807) is 4.31 Å². The molecule has 3 unspecified atom stereocenters. The van der Waals surface area contributed by atoms with Gasteiger partial charge in [0.15, 0.2) is 0 Å². The van der Waals surface area contributed by atoms with Crippen molar-refractivity contribution in [2.24, 2.45) is 5.73 Å². The van der Waals surface area contributed by atoms with E-state index < -0.39 is 10.0 Å². The fourth-order valence-electron chi connectivity index (χ4n) is 2.91. The molecule has 2 heterocycles. The Morgan fingerprint density at radius 2 is 2.06 bits per heavy atom. The van der Waals surface area contributed by atoms with Crippen LogP contribution < -0.4 is 5.73 Å². The van der Waals surface area contributed by atoms with Crippen LogP contribution in [-0.4, -0.2) is 49.8 Å². The molecular formula is C12H24N2O3S. The van der Waals surface area contributed by atoms with Crippen molar-refractivity contribution in [1.82, 2.24) is 4.31 Å². The topological polar surface area (TPSA) is 72.6 Å². The second-order valence-corrected chi connectivity index (χ2v) is 7.58. The number of hydrogen-bond acceptors (Lipinski definition) is 4. The van der Waals surface area contributed by atoms with Gasteiger partial charge in [-0.05, 0) is 32.6 Å². The zero-order valence-electron chi connectivity index (χ0n) is 11.0. The summed E-state index contributed by atoms with van der Waals surface area (Å²) in [7, 11) is -3.25. The number of piperidine rings is 1. The molecule has 2 aliphatic rings. The van der Waals surface area contributed by atoms with E-state index in [1.165, 1.54) is 0 Å². The number of nitrogens with two attached hydrogens (primary N) is 1. The van der Waals surface area contributed by atoms with Gasteiger partial charge in [-0.3, -0.25) is 0 Å². The van der Waals surface area contributed by atoms with Crippen LogP contribution in [0.4, 0.5) is 0 Å². The third-order valence-corrected chi connectivity index (χ3v) is 6.29. The second-order valence-electron chi connectivity index (χ2n) is 5.42. The summed E-state index contributed by atoms with van der Waals surface area (Å²) in [6.45, 7) is 3.54. The Hall–Kier alpha value is -0.170. The average Bonchev–Trinajstić information content (AvgIpc) is 2.39. The van der Waals surface area contributed by atoms with Crippen LogP contribution in [0, 0.1) is 0 Å². The van der Waals surface area contributed by atoms with Crippen molar-refractivity contribution < 1.29 is 13.2 Å². The highest BCUT2D eigenvalue weighted by atomic mass is 32.2. The standard InChI is InChI=1S/C12H24N2O3S/c1-10(13)12-6-2-3-7-14(12)18(15,16)11-5-4-8-17-9-11/h10-12H,2-9,13H2,1H3. The lowest BCUT2D eigenvalue weighted by molar-refractivity contribution is 0.0957. The lowest BCUT2D eigenvalue weighted by Gasteiger charge is -2.39. The van der Waals surface area contributed by atoms with E-state index in [0.29, 0.717) is 26.2 Å². The fourth-order valence-corrected chi connectivity index (χ4v) is 5.08. The Labute approximate surface area is 110 Å². The van der Waals surface area contributed by atoms with Crippen molar-refractivity contribution in [3.63, 3.8) is 0 Å². The van der Waals surface area contributed by atoms with Crippen molar-refractivity contribution in [2.45, 2.75) is 56.4 Å². The van der Waals surface area contributed by atoms with Crippen LogP contribution in [0.25, 0.3) is 0 Å². The van der Waals surface area contributed by atoms with Gasteiger partial charge in [-0.1, -0.05) is 6.42 Å². The van der Waals surface area contributed by atoms with Crippen LogP contribution in [0.1, 0.15) is 39.0 Å². The van der Waals surface area contributed by atoms with Gasteiger partial charge in [0.2, 0.25) is 10.0 Å². The molecule has 3 atom stereocenters. The molecule has 0 spiro atoms. The van der Waals surface area contributed by atoms with Crippen LogP contribution in [0.5, 0.6) is 0 Å². The summed E-state index contributed by atoms with van der Waals surface area (Å²) in [5.41, 5.74) is 5.95. The van der Waals surface area contributed by atoms with Gasteiger partial charge in [-0.2, -0.15) is 4.31 Å². The third-order valence-electron chi connectivity index (χ3n) is 3.97. The van der Waals surface area contributed by atoms with Gasteiger partial charge in [0.1, 0.15) is 0 Å². The molecule has 6 heteroatoms. The quantitative estimate of drug-likeness (QED) is 0.823. The minimum Gasteiger partial charge on any atom is -0.380 e. The van der Waals surface area contributed by atoms with E-state index >= 15 is 0 Å². The Bertz CT molecular complexity index is 364. The van der Waals surface area contributed by atoms with Crippen molar-refractivity contribution in [2.75, 3.05) is 19.8 Å². The molecule has 2 saturated heterocycles. The van der Waals surface area contributed by atoms with E-state index in [4.69, 9.17) is 10.5 Å². The van der Waals surface area contributed by atoms with Gasteiger partial charge >= 0.3 is 0 Å². The lowest BCUT2D eigenvalue weighted by Crippen LogP contribution is -2.55. The molecule has 2 N–H and O–H groups in total. The normalized spacial score (nSPS) is 33.2. The molecule has 0 aromatic rings. The van der Waals surface area contributed by atoms with E-state index in [9.17, 15) is 8.42 Å². The maximum atomic E-state index is 12.6.